The van der Waals surface area contributed by atoms with Gasteiger partial charge in [0.25, 0.3) is 5.91 Å². The third-order valence-electron chi connectivity index (χ3n) is 4.60. The number of thiazole rings is 1. The molecule has 6 nitrogen and oxygen atoms in total. The quantitative estimate of drug-likeness (QED) is 0.394. The van der Waals surface area contributed by atoms with Crippen LogP contribution in [0.1, 0.15) is 29.8 Å². The molecule has 0 unspecified atom stereocenters. The maximum atomic E-state index is 13.5. The lowest BCUT2D eigenvalue weighted by molar-refractivity contribution is 0.0985. The first-order valence-corrected chi connectivity index (χ1v) is 10.8. The van der Waals surface area contributed by atoms with Crippen molar-refractivity contribution in [2.45, 2.75) is 26.5 Å². The molecule has 2 aromatic heterocycles. The Morgan fingerprint density at radius 2 is 1.87 bits per heavy atom. The van der Waals surface area contributed by atoms with E-state index in [1.54, 1.807) is 36.5 Å². The maximum Gasteiger partial charge on any atom is 0.260 e. The normalized spacial score (nSPS) is 11.0. The van der Waals surface area contributed by atoms with Gasteiger partial charge in [0.15, 0.2) is 5.13 Å². The molecular formula is C24H23N3O3S. The average Bonchev–Trinajstić information content (AvgIpc) is 3.20. The monoisotopic (exact) mass is 433 g/mol. The first-order valence-electron chi connectivity index (χ1n) is 9.95. The Bertz CT molecular complexity index is 1170. The van der Waals surface area contributed by atoms with Gasteiger partial charge in [0.1, 0.15) is 11.5 Å². The van der Waals surface area contributed by atoms with E-state index in [2.05, 4.69) is 4.98 Å². The highest BCUT2D eigenvalue weighted by molar-refractivity contribution is 7.22. The van der Waals surface area contributed by atoms with E-state index in [4.69, 9.17) is 14.5 Å². The van der Waals surface area contributed by atoms with Crippen LogP contribution in [0, 0.1) is 0 Å². The van der Waals surface area contributed by atoms with Crippen molar-refractivity contribution in [2.24, 2.45) is 0 Å². The van der Waals surface area contributed by atoms with Gasteiger partial charge in [-0.15, -0.1) is 0 Å². The third kappa shape index (κ3) is 4.83. The zero-order valence-corrected chi connectivity index (χ0v) is 18.4. The van der Waals surface area contributed by atoms with Gasteiger partial charge in [0, 0.05) is 24.0 Å². The first-order chi connectivity index (χ1) is 15.0. The number of aromatic nitrogens is 2. The smallest absolute Gasteiger partial charge is 0.260 e. The molecule has 0 bridgehead atoms. The zero-order chi connectivity index (χ0) is 21.8. The van der Waals surface area contributed by atoms with E-state index < -0.39 is 0 Å². The van der Waals surface area contributed by atoms with E-state index in [1.807, 2.05) is 56.3 Å². The van der Waals surface area contributed by atoms with E-state index in [9.17, 15) is 4.79 Å². The number of anilines is 1. The summed E-state index contributed by atoms with van der Waals surface area (Å²) in [6, 6.07) is 16.7. The van der Waals surface area contributed by atoms with Crippen molar-refractivity contribution in [1.82, 2.24) is 9.97 Å². The van der Waals surface area contributed by atoms with Crippen molar-refractivity contribution in [3.05, 3.63) is 78.1 Å². The Morgan fingerprint density at radius 1 is 1.10 bits per heavy atom. The summed E-state index contributed by atoms with van der Waals surface area (Å²) in [6.07, 6.45) is 3.55. The summed E-state index contributed by atoms with van der Waals surface area (Å²) >= 11 is 1.47. The summed E-state index contributed by atoms with van der Waals surface area (Å²) < 4.78 is 12.0. The van der Waals surface area contributed by atoms with Crippen LogP contribution in [-0.2, 0) is 6.54 Å². The average molecular weight is 434 g/mol. The molecule has 2 heterocycles. The number of amides is 1. The number of rotatable bonds is 7. The number of carbonyl (C=O) groups excluding carboxylic acids is 1. The van der Waals surface area contributed by atoms with Crippen molar-refractivity contribution < 1.29 is 14.3 Å². The fourth-order valence-corrected chi connectivity index (χ4v) is 4.09. The summed E-state index contributed by atoms with van der Waals surface area (Å²) in [7, 11) is 1.62. The van der Waals surface area contributed by atoms with Gasteiger partial charge in [-0.3, -0.25) is 14.7 Å². The molecule has 0 fully saturated rings. The second-order valence-electron chi connectivity index (χ2n) is 7.27. The molecule has 0 radical (unpaired) electrons. The lowest BCUT2D eigenvalue weighted by Crippen LogP contribution is -2.30. The van der Waals surface area contributed by atoms with Gasteiger partial charge in [-0.25, -0.2) is 4.98 Å². The lowest BCUT2D eigenvalue weighted by atomic mass is 10.1. The van der Waals surface area contributed by atoms with Crippen molar-refractivity contribution in [3.8, 4) is 11.5 Å². The molecule has 158 valence electrons. The molecule has 0 aliphatic rings. The van der Waals surface area contributed by atoms with Crippen molar-refractivity contribution >= 4 is 32.6 Å². The van der Waals surface area contributed by atoms with Crippen molar-refractivity contribution in [1.29, 1.82) is 0 Å². The Morgan fingerprint density at radius 3 is 2.55 bits per heavy atom. The van der Waals surface area contributed by atoms with E-state index in [0.717, 1.165) is 27.3 Å². The van der Waals surface area contributed by atoms with Gasteiger partial charge >= 0.3 is 0 Å². The summed E-state index contributed by atoms with van der Waals surface area (Å²) in [5.74, 6) is 1.33. The number of pyridine rings is 1. The number of carbonyl (C=O) groups is 1. The van der Waals surface area contributed by atoms with Gasteiger partial charge in [-0.1, -0.05) is 17.4 Å². The molecule has 4 rings (SSSR count). The van der Waals surface area contributed by atoms with Gasteiger partial charge in [-0.05, 0) is 61.9 Å². The molecule has 2 aromatic carbocycles. The van der Waals surface area contributed by atoms with Crippen molar-refractivity contribution in [3.63, 3.8) is 0 Å². The third-order valence-corrected chi connectivity index (χ3v) is 5.66. The summed E-state index contributed by atoms with van der Waals surface area (Å²) in [5, 5.41) is 0.625. The molecule has 0 N–H and O–H groups in total. The Hall–Kier alpha value is -3.45. The highest BCUT2D eigenvalue weighted by Crippen LogP contribution is 2.33. The van der Waals surface area contributed by atoms with Crippen molar-refractivity contribution in [2.75, 3.05) is 12.0 Å². The van der Waals surface area contributed by atoms with Gasteiger partial charge in [-0.2, -0.15) is 0 Å². The van der Waals surface area contributed by atoms with Crippen LogP contribution in [-0.4, -0.2) is 29.1 Å². The Kier molecular flexibility index (Phi) is 6.13. The van der Waals surface area contributed by atoms with Crippen LogP contribution in [0.5, 0.6) is 11.5 Å². The molecule has 0 saturated heterocycles. The molecular weight excluding hydrogens is 410 g/mol. The van der Waals surface area contributed by atoms with Crippen LogP contribution in [0.4, 0.5) is 5.13 Å². The fourth-order valence-electron chi connectivity index (χ4n) is 3.14. The van der Waals surface area contributed by atoms with Crippen LogP contribution in [0.2, 0.25) is 0 Å². The number of fused-ring (bicyclic) bond motifs is 1. The molecule has 0 saturated carbocycles. The van der Waals surface area contributed by atoms with Gasteiger partial charge in [0.2, 0.25) is 0 Å². The topological polar surface area (TPSA) is 64.5 Å². The first kappa shape index (κ1) is 20.8. The summed E-state index contributed by atoms with van der Waals surface area (Å²) in [6.45, 7) is 4.31. The molecule has 7 heteroatoms. The molecule has 0 atom stereocenters. The van der Waals surface area contributed by atoms with Crippen LogP contribution < -0.4 is 14.4 Å². The van der Waals surface area contributed by atoms with E-state index in [1.165, 1.54) is 11.3 Å². The predicted octanol–water partition coefficient (Wildman–Crippen LogP) is 5.33. The number of hydrogen-bond acceptors (Lipinski definition) is 6. The predicted molar refractivity (Wildman–Crippen MR) is 123 cm³/mol. The molecule has 4 aromatic rings. The van der Waals surface area contributed by atoms with Crippen LogP contribution in [0.25, 0.3) is 10.2 Å². The van der Waals surface area contributed by atoms with E-state index in [-0.39, 0.29) is 12.0 Å². The minimum Gasteiger partial charge on any atom is -0.497 e. The lowest BCUT2D eigenvalue weighted by Gasteiger charge is -2.20. The highest BCUT2D eigenvalue weighted by atomic mass is 32.1. The molecule has 0 aliphatic heterocycles. The maximum absolute atomic E-state index is 13.5. The van der Waals surface area contributed by atoms with E-state index in [0.29, 0.717) is 17.2 Å². The van der Waals surface area contributed by atoms with Crippen LogP contribution in [0.15, 0.2) is 67.0 Å². The number of benzene rings is 2. The Labute approximate surface area is 185 Å². The number of ether oxygens (including phenoxy) is 2. The number of methoxy groups -OCH3 is 1. The summed E-state index contributed by atoms with van der Waals surface area (Å²) in [5.41, 5.74) is 2.29. The summed E-state index contributed by atoms with van der Waals surface area (Å²) in [4.78, 5) is 24.1. The minimum absolute atomic E-state index is 0.0726. The fraction of sp³-hybridized carbons (Fsp3) is 0.208. The van der Waals surface area contributed by atoms with E-state index >= 15 is 0 Å². The zero-order valence-electron chi connectivity index (χ0n) is 17.6. The molecule has 0 spiro atoms. The highest BCUT2D eigenvalue weighted by Gasteiger charge is 2.22. The SMILES string of the molecule is COc1ccc2sc(N(Cc3cccnc3)C(=O)c3ccc(OC(C)C)cc3)nc2c1. The molecule has 31 heavy (non-hydrogen) atoms. The van der Waals surface area contributed by atoms with Crippen LogP contribution in [0.3, 0.4) is 0 Å². The van der Waals surface area contributed by atoms with Crippen LogP contribution >= 0.6 is 11.3 Å². The second-order valence-corrected chi connectivity index (χ2v) is 8.28. The molecule has 1 amide bonds. The standard InChI is InChI=1S/C24H23N3O3S/c1-16(2)30-19-8-6-18(7-9-19)23(28)27(15-17-5-4-12-25-14-17)24-26-21-13-20(29-3)10-11-22(21)31-24/h4-14,16H,15H2,1-3H3. The van der Waals surface area contributed by atoms with Gasteiger partial charge < -0.3 is 9.47 Å². The number of nitrogens with zero attached hydrogens (tertiary/aromatic N) is 3. The minimum atomic E-state index is -0.133. The second kappa shape index (κ2) is 9.14. The number of hydrogen-bond donors (Lipinski definition) is 0. The molecule has 0 aliphatic carbocycles. The Balaban J connectivity index is 1.69. The largest absolute Gasteiger partial charge is 0.497 e. The van der Waals surface area contributed by atoms with Gasteiger partial charge in [0.05, 0.1) is 30.0 Å².